The van der Waals surface area contributed by atoms with E-state index >= 15 is 0 Å². The number of hydrogen-bond acceptors (Lipinski definition) is 4. The lowest BCUT2D eigenvalue weighted by molar-refractivity contribution is 0.0897. The second kappa shape index (κ2) is 9.40. The van der Waals surface area contributed by atoms with Gasteiger partial charge in [-0.3, -0.25) is 9.59 Å². The first-order chi connectivity index (χ1) is 11.8. The number of furan rings is 1. The predicted octanol–water partition coefficient (Wildman–Crippen LogP) is 3.45. The fourth-order valence-corrected chi connectivity index (χ4v) is 2.77. The van der Waals surface area contributed by atoms with Crippen molar-refractivity contribution in [3.63, 3.8) is 0 Å². The molecule has 0 radical (unpaired) electrons. The molecule has 1 aromatic carbocycles. The maximum atomic E-state index is 12.6. The highest BCUT2D eigenvalue weighted by molar-refractivity contribution is 6.03. The molecule has 4 N–H and O–H groups in total. The van der Waals surface area contributed by atoms with E-state index in [0.29, 0.717) is 23.7 Å². The highest BCUT2D eigenvalue weighted by Gasteiger charge is 2.26. The summed E-state index contributed by atoms with van der Waals surface area (Å²) >= 11 is 0. The highest BCUT2D eigenvalue weighted by Crippen LogP contribution is 2.18. The molecule has 1 unspecified atom stereocenters. The summed E-state index contributed by atoms with van der Waals surface area (Å²) in [5, 5.41) is 5.71. The van der Waals surface area contributed by atoms with E-state index < -0.39 is 5.54 Å². The van der Waals surface area contributed by atoms with Crippen LogP contribution in [0.5, 0.6) is 0 Å². The van der Waals surface area contributed by atoms with E-state index in [1.54, 1.807) is 36.4 Å². The zero-order valence-corrected chi connectivity index (χ0v) is 16.1. The van der Waals surface area contributed by atoms with Gasteiger partial charge in [0, 0.05) is 23.3 Å². The third kappa shape index (κ3) is 5.89. The monoisotopic (exact) mass is 379 g/mol. The van der Waals surface area contributed by atoms with Gasteiger partial charge in [0.1, 0.15) is 0 Å². The smallest absolute Gasteiger partial charge is 0.291 e. The molecule has 7 heteroatoms. The second-order valence-electron chi connectivity index (χ2n) is 6.83. The molecule has 142 valence electrons. The van der Waals surface area contributed by atoms with Gasteiger partial charge in [-0.15, -0.1) is 12.4 Å². The fourth-order valence-electron chi connectivity index (χ4n) is 2.77. The van der Waals surface area contributed by atoms with Crippen LogP contribution < -0.4 is 16.4 Å². The Morgan fingerprint density at radius 3 is 2.50 bits per heavy atom. The molecule has 2 aromatic rings. The van der Waals surface area contributed by atoms with Crippen LogP contribution in [0.1, 0.15) is 48.1 Å². The van der Waals surface area contributed by atoms with Crippen LogP contribution in [0.2, 0.25) is 0 Å². The molecule has 1 atom stereocenters. The summed E-state index contributed by atoms with van der Waals surface area (Å²) < 4.78 is 5.06. The summed E-state index contributed by atoms with van der Waals surface area (Å²) in [6, 6.07) is 9.97. The maximum absolute atomic E-state index is 12.6. The zero-order chi connectivity index (χ0) is 18.4. The van der Waals surface area contributed by atoms with E-state index in [-0.39, 0.29) is 30.0 Å². The fraction of sp³-hybridized carbons (Fsp3) is 0.368. The van der Waals surface area contributed by atoms with Crippen LogP contribution in [0.15, 0.2) is 47.1 Å². The molecule has 0 saturated carbocycles. The first kappa shape index (κ1) is 21.7. The third-order valence-corrected chi connectivity index (χ3v) is 3.85. The number of nitrogens with two attached hydrogens (primary N) is 1. The van der Waals surface area contributed by atoms with Gasteiger partial charge in [0.25, 0.3) is 11.8 Å². The quantitative estimate of drug-likeness (QED) is 0.686. The van der Waals surface area contributed by atoms with Gasteiger partial charge in [-0.05, 0) is 49.6 Å². The van der Waals surface area contributed by atoms with Crippen molar-refractivity contribution in [2.75, 3.05) is 11.9 Å². The van der Waals surface area contributed by atoms with E-state index in [1.165, 1.54) is 6.26 Å². The Bertz CT molecular complexity index is 731. The van der Waals surface area contributed by atoms with E-state index in [0.717, 1.165) is 6.42 Å². The summed E-state index contributed by atoms with van der Waals surface area (Å²) in [5.41, 5.74) is 6.36. The minimum absolute atomic E-state index is 0. The highest BCUT2D eigenvalue weighted by atomic mass is 35.5. The van der Waals surface area contributed by atoms with Crippen molar-refractivity contribution < 1.29 is 14.0 Å². The molecular weight excluding hydrogens is 354 g/mol. The van der Waals surface area contributed by atoms with Crippen molar-refractivity contribution in [2.45, 2.75) is 32.7 Å². The average molecular weight is 380 g/mol. The van der Waals surface area contributed by atoms with Crippen molar-refractivity contribution in [1.82, 2.24) is 5.32 Å². The van der Waals surface area contributed by atoms with Crippen LogP contribution in [0, 0.1) is 5.92 Å². The Hall–Kier alpha value is -2.31. The third-order valence-electron chi connectivity index (χ3n) is 3.85. The lowest BCUT2D eigenvalue weighted by Crippen LogP contribution is -2.52. The Labute approximate surface area is 159 Å². The van der Waals surface area contributed by atoms with Gasteiger partial charge in [0.15, 0.2) is 5.76 Å². The van der Waals surface area contributed by atoms with Crippen molar-refractivity contribution in [1.29, 1.82) is 0 Å². The molecule has 26 heavy (non-hydrogen) atoms. The van der Waals surface area contributed by atoms with Crippen molar-refractivity contribution >= 4 is 29.9 Å². The van der Waals surface area contributed by atoms with Crippen LogP contribution in [0.3, 0.4) is 0 Å². The number of amides is 2. The van der Waals surface area contributed by atoms with Gasteiger partial charge >= 0.3 is 0 Å². The van der Waals surface area contributed by atoms with Crippen LogP contribution in [0.25, 0.3) is 0 Å². The normalized spacial score (nSPS) is 12.8. The first-order valence-corrected chi connectivity index (χ1v) is 8.30. The van der Waals surface area contributed by atoms with Crippen molar-refractivity contribution in [2.24, 2.45) is 11.7 Å². The minimum atomic E-state index is -0.474. The summed E-state index contributed by atoms with van der Waals surface area (Å²) in [6.45, 7) is 6.47. The van der Waals surface area contributed by atoms with Gasteiger partial charge in [-0.25, -0.2) is 0 Å². The van der Waals surface area contributed by atoms with Crippen molar-refractivity contribution in [3.05, 3.63) is 54.0 Å². The van der Waals surface area contributed by atoms with Crippen molar-refractivity contribution in [3.8, 4) is 0 Å². The topological polar surface area (TPSA) is 97.4 Å². The SMILES string of the molecule is CC(C)CC(C)(CN)NC(=O)c1cccc(NC(=O)c2ccco2)c1.Cl. The van der Waals surface area contributed by atoms with E-state index in [1.807, 2.05) is 6.92 Å². The zero-order valence-electron chi connectivity index (χ0n) is 15.2. The Morgan fingerprint density at radius 2 is 1.92 bits per heavy atom. The summed E-state index contributed by atoms with van der Waals surface area (Å²) in [5.74, 6) is 0.0344. The molecule has 0 aliphatic rings. The Morgan fingerprint density at radius 1 is 1.19 bits per heavy atom. The molecule has 0 aliphatic heterocycles. The average Bonchev–Trinajstić information content (AvgIpc) is 3.09. The molecular formula is C19H26ClN3O3. The molecule has 0 saturated heterocycles. The Kier molecular flexibility index (Phi) is 7.86. The van der Waals surface area contributed by atoms with Gasteiger partial charge in [0.2, 0.25) is 0 Å². The number of carbonyl (C=O) groups excluding carboxylic acids is 2. The number of anilines is 1. The molecule has 2 rings (SSSR count). The number of benzene rings is 1. The summed E-state index contributed by atoms with van der Waals surface area (Å²) in [4.78, 5) is 24.6. The minimum Gasteiger partial charge on any atom is -0.459 e. The number of halogens is 1. The molecule has 0 fully saturated rings. The van der Waals surface area contributed by atoms with Crippen LogP contribution >= 0.6 is 12.4 Å². The lowest BCUT2D eigenvalue weighted by atomic mass is 9.90. The first-order valence-electron chi connectivity index (χ1n) is 8.30. The van der Waals surface area contributed by atoms with Gasteiger partial charge in [0.05, 0.1) is 6.26 Å². The summed E-state index contributed by atoms with van der Waals surface area (Å²) in [7, 11) is 0. The van der Waals surface area contributed by atoms with E-state index in [4.69, 9.17) is 10.2 Å². The van der Waals surface area contributed by atoms with Crippen LogP contribution in [-0.2, 0) is 0 Å². The molecule has 0 aliphatic carbocycles. The molecule has 6 nitrogen and oxygen atoms in total. The van der Waals surface area contributed by atoms with Gasteiger partial charge < -0.3 is 20.8 Å². The standard InChI is InChI=1S/C19H25N3O3.ClH/c1-13(2)11-19(3,12-20)22-17(23)14-6-4-7-15(10-14)21-18(24)16-8-5-9-25-16;/h4-10,13H,11-12,20H2,1-3H3,(H,21,24)(H,22,23);1H. The molecule has 0 bridgehead atoms. The molecule has 0 spiro atoms. The second-order valence-corrected chi connectivity index (χ2v) is 6.83. The lowest BCUT2D eigenvalue weighted by Gasteiger charge is -2.31. The number of nitrogens with one attached hydrogen (secondary N) is 2. The number of carbonyl (C=O) groups is 2. The molecule has 1 aromatic heterocycles. The summed E-state index contributed by atoms with van der Waals surface area (Å²) in [6.07, 6.45) is 2.21. The van der Waals surface area contributed by atoms with E-state index in [2.05, 4.69) is 24.5 Å². The maximum Gasteiger partial charge on any atom is 0.291 e. The number of hydrogen-bond donors (Lipinski definition) is 3. The van der Waals surface area contributed by atoms with Gasteiger partial charge in [-0.2, -0.15) is 0 Å². The van der Waals surface area contributed by atoms with E-state index in [9.17, 15) is 9.59 Å². The Balaban J connectivity index is 0.00000338. The molecule has 1 heterocycles. The number of rotatable bonds is 7. The van der Waals surface area contributed by atoms with Crippen LogP contribution in [0.4, 0.5) is 5.69 Å². The van der Waals surface area contributed by atoms with Gasteiger partial charge in [-0.1, -0.05) is 19.9 Å². The molecule has 2 amide bonds. The largest absolute Gasteiger partial charge is 0.459 e. The predicted molar refractivity (Wildman–Crippen MR) is 105 cm³/mol. The van der Waals surface area contributed by atoms with Crippen LogP contribution in [-0.4, -0.2) is 23.9 Å².